The number of likely N-dealkylation sites (N-methyl/N-ethyl adjacent to an activating group) is 1. The molecular formula is C19H20Cl2N2O2. The molecule has 0 fully saturated rings. The van der Waals surface area contributed by atoms with E-state index in [1.807, 2.05) is 30.3 Å². The van der Waals surface area contributed by atoms with Gasteiger partial charge in [0.05, 0.1) is 16.6 Å². The molecule has 25 heavy (non-hydrogen) atoms. The van der Waals surface area contributed by atoms with Gasteiger partial charge in [0, 0.05) is 32.2 Å². The highest BCUT2D eigenvalue weighted by molar-refractivity contribution is 6.42. The second-order valence-corrected chi connectivity index (χ2v) is 6.98. The van der Waals surface area contributed by atoms with E-state index in [0.717, 1.165) is 23.4 Å². The summed E-state index contributed by atoms with van der Waals surface area (Å²) in [6, 6.07) is 13.4. The minimum absolute atomic E-state index is 0.0606. The Kier molecular flexibility index (Phi) is 5.84. The first kappa shape index (κ1) is 18.1. The Balaban J connectivity index is 1.60. The fourth-order valence-electron chi connectivity index (χ4n) is 2.83. The van der Waals surface area contributed by atoms with Gasteiger partial charge in [-0.3, -0.25) is 9.69 Å². The SMILES string of the molecule is CN(Cc1ccc(Cl)c(Cl)c1)C(=O)CN1CCOc2ccccc2C1. The van der Waals surface area contributed by atoms with E-state index in [1.54, 1.807) is 24.1 Å². The summed E-state index contributed by atoms with van der Waals surface area (Å²) in [6.45, 7) is 2.87. The lowest BCUT2D eigenvalue weighted by Gasteiger charge is -2.23. The van der Waals surface area contributed by atoms with Crippen molar-refractivity contribution in [3.05, 3.63) is 63.6 Å². The van der Waals surface area contributed by atoms with Crippen LogP contribution >= 0.6 is 23.2 Å². The summed E-state index contributed by atoms with van der Waals surface area (Å²) in [5.41, 5.74) is 2.06. The molecule has 2 aromatic carbocycles. The van der Waals surface area contributed by atoms with Crippen LogP contribution in [0.4, 0.5) is 0 Å². The number of halogens is 2. The van der Waals surface area contributed by atoms with Crippen molar-refractivity contribution in [3.63, 3.8) is 0 Å². The Morgan fingerprint density at radius 3 is 2.80 bits per heavy atom. The van der Waals surface area contributed by atoms with Gasteiger partial charge in [-0.15, -0.1) is 0 Å². The number of nitrogens with zero attached hydrogens (tertiary/aromatic N) is 2. The summed E-state index contributed by atoms with van der Waals surface area (Å²) in [5, 5.41) is 1.02. The molecule has 0 aromatic heterocycles. The minimum Gasteiger partial charge on any atom is -0.492 e. The van der Waals surface area contributed by atoms with Gasteiger partial charge in [0.15, 0.2) is 0 Å². The Morgan fingerprint density at radius 1 is 1.20 bits per heavy atom. The van der Waals surface area contributed by atoms with Crippen molar-refractivity contribution in [2.24, 2.45) is 0 Å². The highest BCUT2D eigenvalue weighted by Crippen LogP contribution is 2.24. The van der Waals surface area contributed by atoms with E-state index in [0.29, 0.717) is 36.3 Å². The zero-order chi connectivity index (χ0) is 17.8. The molecule has 3 rings (SSSR count). The molecule has 2 aromatic rings. The maximum Gasteiger partial charge on any atom is 0.236 e. The predicted molar refractivity (Wildman–Crippen MR) is 100 cm³/mol. The highest BCUT2D eigenvalue weighted by Gasteiger charge is 2.19. The van der Waals surface area contributed by atoms with Gasteiger partial charge in [0.2, 0.25) is 5.91 Å². The molecule has 132 valence electrons. The molecule has 4 nitrogen and oxygen atoms in total. The number of para-hydroxylation sites is 1. The zero-order valence-electron chi connectivity index (χ0n) is 14.0. The smallest absolute Gasteiger partial charge is 0.236 e. The molecule has 1 aliphatic rings. The molecule has 6 heteroatoms. The van der Waals surface area contributed by atoms with E-state index in [9.17, 15) is 4.79 Å². The van der Waals surface area contributed by atoms with Gasteiger partial charge in [-0.1, -0.05) is 47.5 Å². The van der Waals surface area contributed by atoms with Gasteiger partial charge < -0.3 is 9.64 Å². The van der Waals surface area contributed by atoms with Crippen molar-refractivity contribution in [2.45, 2.75) is 13.1 Å². The van der Waals surface area contributed by atoms with Crippen LogP contribution in [-0.4, -0.2) is 42.5 Å². The van der Waals surface area contributed by atoms with Crippen LogP contribution in [0.1, 0.15) is 11.1 Å². The molecule has 1 aliphatic heterocycles. The first-order chi connectivity index (χ1) is 12.0. The van der Waals surface area contributed by atoms with Gasteiger partial charge in [0.25, 0.3) is 0 Å². The van der Waals surface area contributed by atoms with Crippen molar-refractivity contribution >= 4 is 29.1 Å². The Morgan fingerprint density at radius 2 is 2.00 bits per heavy atom. The summed E-state index contributed by atoms with van der Waals surface area (Å²) >= 11 is 12.0. The second-order valence-electron chi connectivity index (χ2n) is 6.17. The Labute approximate surface area is 157 Å². The molecule has 0 radical (unpaired) electrons. The topological polar surface area (TPSA) is 32.8 Å². The van der Waals surface area contributed by atoms with Crippen molar-refractivity contribution < 1.29 is 9.53 Å². The van der Waals surface area contributed by atoms with Crippen LogP contribution in [0.2, 0.25) is 10.0 Å². The van der Waals surface area contributed by atoms with Crippen LogP contribution in [0.5, 0.6) is 5.75 Å². The number of benzene rings is 2. The molecular weight excluding hydrogens is 359 g/mol. The largest absolute Gasteiger partial charge is 0.492 e. The second kappa shape index (κ2) is 8.09. The number of carbonyl (C=O) groups excluding carboxylic acids is 1. The third-order valence-corrected chi connectivity index (χ3v) is 4.96. The summed E-state index contributed by atoms with van der Waals surface area (Å²) in [6.07, 6.45) is 0. The summed E-state index contributed by atoms with van der Waals surface area (Å²) < 4.78 is 5.75. The van der Waals surface area contributed by atoms with Crippen LogP contribution in [0.3, 0.4) is 0 Å². The predicted octanol–water partition coefficient (Wildman–Crippen LogP) is 3.85. The lowest BCUT2D eigenvalue weighted by molar-refractivity contribution is -0.131. The third kappa shape index (κ3) is 4.66. The first-order valence-electron chi connectivity index (χ1n) is 8.14. The number of ether oxygens (including phenoxy) is 1. The normalized spacial score (nSPS) is 14.4. The maximum atomic E-state index is 12.6. The average Bonchev–Trinajstić information content (AvgIpc) is 2.79. The molecule has 1 amide bonds. The van der Waals surface area contributed by atoms with E-state index in [4.69, 9.17) is 27.9 Å². The molecule has 0 bridgehead atoms. The number of fused-ring (bicyclic) bond motifs is 1. The quantitative estimate of drug-likeness (QED) is 0.809. The molecule has 1 heterocycles. The van der Waals surface area contributed by atoms with Gasteiger partial charge in [0.1, 0.15) is 12.4 Å². The van der Waals surface area contributed by atoms with Gasteiger partial charge in [-0.25, -0.2) is 0 Å². The summed E-state index contributed by atoms with van der Waals surface area (Å²) in [4.78, 5) is 16.4. The number of carbonyl (C=O) groups is 1. The minimum atomic E-state index is 0.0606. The van der Waals surface area contributed by atoms with E-state index in [2.05, 4.69) is 4.90 Å². The molecule has 0 spiro atoms. The van der Waals surface area contributed by atoms with Crippen LogP contribution < -0.4 is 4.74 Å². The first-order valence-corrected chi connectivity index (χ1v) is 8.89. The zero-order valence-corrected chi connectivity index (χ0v) is 15.6. The molecule has 0 atom stereocenters. The lowest BCUT2D eigenvalue weighted by atomic mass is 10.2. The van der Waals surface area contributed by atoms with E-state index in [1.165, 1.54) is 0 Å². The number of amides is 1. The van der Waals surface area contributed by atoms with Crippen molar-refractivity contribution in [1.82, 2.24) is 9.80 Å². The summed E-state index contributed by atoms with van der Waals surface area (Å²) in [5.74, 6) is 0.965. The number of hydrogen-bond acceptors (Lipinski definition) is 3. The number of rotatable bonds is 4. The van der Waals surface area contributed by atoms with Gasteiger partial charge >= 0.3 is 0 Å². The average molecular weight is 379 g/mol. The van der Waals surface area contributed by atoms with Gasteiger partial charge in [-0.2, -0.15) is 0 Å². The van der Waals surface area contributed by atoms with Crippen LogP contribution in [0.25, 0.3) is 0 Å². The number of hydrogen-bond donors (Lipinski definition) is 0. The van der Waals surface area contributed by atoms with E-state index in [-0.39, 0.29) is 5.91 Å². The highest BCUT2D eigenvalue weighted by atomic mass is 35.5. The van der Waals surface area contributed by atoms with Crippen molar-refractivity contribution in [2.75, 3.05) is 26.7 Å². The van der Waals surface area contributed by atoms with Crippen LogP contribution in [-0.2, 0) is 17.9 Å². The fraction of sp³-hybridized carbons (Fsp3) is 0.316. The molecule has 0 saturated heterocycles. The molecule has 0 N–H and O–H groups in total. The maximum absolute atomic E-state index is 12.6. The molecule has 0 saturated carbocycles. The summed E-state index contributed by atoms with van der Waals surface area (Å²) in [7, 11) is 1.80. The van der Waals surface area contributed by atoms with Crippen LogP contribution in [0, 0.1) is 0 Å². The van der Waals surface area contributed by atoms with Crippen molar-refractivity contribution in [1.29, 1.82) is 0 Å². The van der Waals surface area contributed by atoms with Gasteiger partial charge in [-0.05, 0) is 23.8 Å². The monoisotopic (exact) mass is 378 g/mol. The van der Waals surface area contributed by atoms with Crippen LogP contribution in [0.15, 0.2) is 42.5 Å². The molecule has 0 unspecified atom stereocenters. The molecule has 0 aliphatic carbocycles. The van der Waals surface area contributed by atoms with E-state index < -0.39 is 0 Å². The Bertz CT molecular complexity index is 767. The van der Waals surface area contributed by atoms with Crippen molar-refractivity contribution in [3.8, 4) is 5.75 Å². The third-order valence-electron chi connectivity index (χ3n) is 4.22. The Hall–Kier alpha value is -1.75. The lowest BCUT2D eigenvalue weighted by Crippen LogP contribution is -2.38. The van der Waals surface area contributed by atoms with E-state index >= 15 is 0 Å². The standard InChI is InChI=1S/C19H20Cl2N2O2/c1-22(11-14-6-7-16(20)17(21)10-14)19(24)13-23-8-9-25-18-5-3-2-4-15(18)12-23/h2-7,10H,8-9,11-13H2,1H3. The fourth-order valence-corrected chi connectivity index (χ4v) is 3.15.